The van der Waals surface area contributed by atoms with E-state index in [1.807, 2.05) is 6.92 Å². The lowest BCUT2D eigenvalue weighted by atomic mass is 10.3. The number of halogens is 1. The number of hydrogen-bond donors (Lipinski definition) is 1. The zero-order chi connectivity index (χ0) is 14.1. The van der Waals surface area contributed by atoms with Crippen LogP contribution in [-0.4, -0.2) is 14.5 Å². The van der Waals surface area contributed by atoms with Gasteiger partial charge in [-0.3, -0.25) is 4.40 Å². The number of aromatic hydroxyl groups is 1. The Labute approximate surface area is 120 Å². The zero-order valence-electron chi connectivity index (χ0n) is 10.7. The molecule has 0 aliphatic heterocycles. The summed E-state index contributed by atoms with van der Waals surface area (Å²) in [5.74, 6) is 0.703. The Hall–Kier alpha value is -2.40. The van der Waals surface area contributed by atoms with E-state index in [1.54, 1.807) is 47.0 Å². The summed E-state index contributed by atoms with van der Waals surface area (Å²) in [6.45, 7) is 1.82. The van der Waals surface area contributed by atoms with Gasteiger partial charge in [-0.1, -0.05) is 11.6 Å². The van der Waals surface area contributed by atoms with Gasteiger partial charge in [0.15, 0.2) is 17.2 Å². The van der Waals surface area contributed by atoms with Crippen molar-refractivity contribution < 1.29 is 5.11 Å². The van der Waals surface area contributed by atoms with Crippen LogP contribution in [0.1, 0.15) is 5.69 Å². The molecule has 3 aromatic rings. The molecule has 0 aliphatic carbocycles. The molecule has 0 radical (unpaired) electrons. The third-order valence-corrected chi connectivity index (χ3v) is 3.11. The third kappa shape index (κ3) is 2.23. The smallest absolute Gasteiger partial charge is 0.182 e. The van der Waals surface area contributed by atoms with Gasteiger partial charge in [0.1, 0.15) is 0 Å². The molecule has 0 saturated carbocycles. The average Bonchev–Trinajstić information content (AvgIpc) is 2.76. The molecule has 2 aromatic heterocycles. The second kappa shape index (κ2) is 4.94. The summed E-state index contributed by atoms with van der Waals surface area (Å²) in [5, 5.41) is 18.8. The minimum atomic E-state index is 0.114. The van der Waals surface area contributed by atoms with E-state index >= 15 is 0 Å². The van der Waals surface area contributed by atoms with Crippen LogP contribution in [0.15, 0.2) is 52.8 Å². The van der Waals surface area contributed by atoms with Crippen molar-refractivity contribution >= 4 is 28.8 Å². The largest absolute Gasteiger partial charge is 0.504 e. The van der Waals surface area contributed by atoms with Crippen LogP contribution in [0.3, 0.4) is 0 Å². The number of aryl methyl sites for hydroxylation is 1. The standard InChI is InChI=1S/C14H11ClN4O/c1-9-13(18-17-11-6-4-10(15)5-7-11)19-8-2-3-12(20)14(19)16-9/h2-8,20H,1H3. The van der Waals surface area contributed by atoms with E-state index in [2.05, 4.69) is 15.2 Å². The number of imidazole rings is 1. The quantitative estimate of drug-likeness (QED) is 0.709. The number of rotatable bonds is 2. The van der Waals surface area contributed by atoms with E-state index in [0.717, 1.165) is 0 Å². The van der Waals surface area contributed by atoms with Crippen LogP contribution in [0.2, 0.25) is 5.02 Å². The van der Waals surface area contributed by atoms with Crippen LogP contribution >= 0.6 is 11.6 Å². The summed E-state index contributed by atoms with van der Waals surface area (Å²) in [6, 6.07) is 10.4. The predicted molar refractivity (Wildman–Crippen MR) is 77.2 cm³/mol. The summed E-state index contributed by atoms with van der Waals surface area (Å²) in [4.78, 5) is 4.28. The highest BCUT2D eigenvalue weighted by Gasteiger charge is 2.10. The van der Waals surface area contributed by atoms with Crippen molar-refractivity contribution in [3.8, 4) is 5.75 Å². The van der Waals surface area contributed by atoms with Crippen LogP contribution in [-0.2, 0) is 0 Å². The maximum atomic E-state index is 9.75. The molecule has 0 atom stereocenters. The van der Waals surface area contributed by atoms with Crippen LogP contribution in [0.5, 0.6) is 5.75 Å². The van der Waals surface area contributed by atoms with Crippen LogP contribution < -0.4 is 0 Å². The molecule has 0 saturated heterocycles. The lowest BCUT2D eigenvalue weighted by Gasteiger charge is -1.97. The van der Waals surface area contributed by atoms with Gasteiger partial charge >= 0.3 is 0 Å². The van der Waals surface area contributed by atoms with Crippen molar-refractivity contribution in [2.45, 2.75) is 6.92 Å². The molecule has 5 nitrogen and oxygen atoms in total. The van der Waals surface area contributed by atoms with Gasteiger partial charge in [-0.25, -0.2) is 4.98 Å². The number of fused-ring (bicyclic) bond motifs is 1. The number of aromatic nitrogens is 2. The molecule has 0 amide bonds. The number of azo groups is 1. The first-order valence-electron chi connectivity index (χ1n) is 5.99. The molecule has 0 spiro atoms. The van der Waals surface area contributed by atoms with Crippen molar-refractivity contribution in [3.63, 3.8) is 0 Å². The van der Waals surface area contributed by atoms with Crippen molar-refractivity contribution in [2.75, 3.05) is 0 Å². The number of nitrogens with zero attached hydrogens (tertiary/aromatic N) is 4. The van der Waals surface area contributed by atoms with Gasteiger partial charge < -0.3 is 5.11 Å². The highest BCUT2D eigenvalue weighted by molar-refractivity contribution is 6.30. The maximum absolute atomic E-state index is 9.75. The lowest BCUT2D eigenvalue weighted by molar-refractivity contribution is 0.477. The Bertz CT molecular complexity index is 793. The normalized spacial score (nSPS) is 11.5. The lowest BCUT2D eigenvalue weighted by Crippen LogP contribution is -1.82. The monoisotopic (exact) mass is 286 g/mol. The molecular formula is C14H11ClN4O. The predicted octanol–water partition coefficient (Wildman–Crippen LogP) is 4.42. The summed E-state index contributed by atoms with van der Waals surface area (Å²) < 4.78 is 1.70. The summed E-state index contributed by atoms with van der Waals surface area (Å²) in [7, 11) is 0. The first-order chi connectivity index (χ1) is 9.65. The van der Waals surface area contributed by atoms with E-state index in [4.69, 9.17) is 11.6 Å². The highest BCUT2D eigenvalue weighted by atomic mass is 35.5. The van der Waals surface area contributed by atoms with E-state index in [-0.39, 0.29) is 5.75 Å². The van der Waals surface area contributed by atoms with E-state index < -0.39 is 0 Å². The Morgan fingerprint density at radius 3 is 2.65 bits per heavy atom. The topological polar surface area (TPSA) is 62.2 Å². The zero-order valence-corrected chi connectivity index (χ0v) is 11.4. The molecule has 2 heterocycles. The molecule has 0 bridgehead atoms. The molecule has 1 aromatic carbocycles. The number of hydrogen-bond acceptors (Lipinski definition) is 4. The SMILES string of the molecule is Cc1nc2c(O)cccn2c1N=Nc1ccc(Cl)cc1. The van der Waals surface area contributed by atoms with E-state index in [0.29, 0.717) is 27.9 Å². The van der Waals surface area contributed by atoms with Gasteiger partial charge in [-0.05, 0) is 43.3 Å². The van der Waals surface area contributed by atoms with Gasteiger partial charge in [0.05, 0.1) is 11.4 Å². The molecular weight excluding hydrogens is 276 g/mol. The second-order valence-corrected chi connectivity index (χ2v) is 4.72. The molecule has 100 valence electrons. The van der Waals surface area contributed by atoms with Crippen molar-refractivity contribution in [1.29, 1.82) is 0 Å². The fourth-order valence-corrected chi connectivity index (χ4v) is 2.01. The Morgan fingerprint density at radius 2 is 1.90 bits per heavy atom. The van der Waals surface area contributed by atoms with Gasteiger partial charge in [0.2, 0.25) is 0 Å². The molecule has 20 heavy (non-hydrogen) atoms. The van der Waals surface area contributed by atoms with Crippen LogP contribution in [0.25, 0.3) is 5.65 Å². The Morgan fingerprint density at radius 1 is 1.15 bits per heavy atom. The maximum Gasteiger partial charge on any atom is 0.182 e. The minimum absolute atomic E-state index is 0.114. The fourth-order valence-electron chi connectivity index (χ4n) is 1.89. The van der Waals surface area contributed by atoms with Gasteiger partial charge in [0, 0.05) is 11.2 Å². The summed E-state index contributed by atoms with van der Waals surface area (Å²) in [6.07, 6.45) is 1.78. The van der Waals surface area contributed by atoms with Crippen LogP contribution in [0.4, 0.5) is 11.5 Å². The Balaban J connectivity index is 2.04. The molecule has 0 fully saturated rings. The van der Waals surface area contributed by atoms with Gasteiger partial charge in [-0.15, -0.1) is 10.2 Å². The first kappa shape index (κ1) is 12.6. The van der Waals surface area contributed by atoms with Crippen LogP contribution in [0, 0.1) is 6.92 Å². The first-order valence-corrected chi connectivity index (χ1v) is 6.37. The molecule has 0 aliphatic rings. The summed E-state index contributed by atoms with van der Waals surface area (Å²) >= 11 is 5.82. The molecule has 6 heteroatoms. The summed E-state index contributed by atoms with van der Waals surface area (Å²) in [5.41, 5.74) is 1.86. The van der Waals surface area contributed by atoms with Crippen molar-refractivity contribution in [2.24, 2.45) is 10.2 Å². The minimum Gasteiger partial charge on any atom is -0.504 e. The highest BCUT2D eigenvalue weighted by Crippen LogP contribution is 2.27. The molecule has 3 rings (SSSR count). The average molecular weight is 287 g/mol. The molecule has 1 N–H and O–H groups in total. The second-order valence-electron chi connectivity index (χ2n) is 4.28. The third-order valence-electron chi connectivity index (χ3n) is 2.86. The fraction of sp³-hybridized carbons (Fsp3) is 0.0714. The molecule has 0 unspecified atom stereocenters. The Kier molecular flexibility index (Phi) is 3.12. The number of pyridine rings is 1. The van der Waals surface area contributed by atoms with Crippen molar-refractivity contribution in [1.82, 2.24) is 9.38 Å². The van der Waals surface area contributed by atoms with Gasteiger partial charge in [-0.2, -0.15) is 0 Å². The number of benzene rings is 1. The van der Waals surface area contributed by atoms with E-state index in [9.17, 15) is 5.11 Å². The van der Waals surface area contributed by atoms with Crippen molar-refractivity contribution in [3.05, 3.63) is 53.3 Å². The van der Waals surface area contributed by atoms with Gasteiger partial charge in [0.25, 0.3) is 0 Å². The van der Waals surface area contributed by atoms with E-state index in [1.165, 1.54) is 0 Å².